The number of nitrogens with two attached hydrogens (primary N) is 1. The molecule has 0 spiro atoms. The number of carbonyl (C=O) groups excluding carboxylic acids is 1. The first kappa shape index (κ1) is 15.5. The van der Waals surface area contributed by atoms with Crippen LogP contribution < -0.4 is 5.73 Å². The molecule has 1 aliphatic heterocycles. The van der Waals surface area contributed by atoms with Crippen LogP contribution in [0.25, 0.3) is 0 Å². The van der Waals surface area contributed by atoms with Crippen LogP contribution in [0.5, 0.6) is 0 Å². The molecule has 0 bridgehead atoms. The van der Waals surface area contributed by atoms with Crippen LogP contribution in [0.4, 0.5) is 0 Å². The monoisotopic (exact) mass is 337 g/mol. The lowest BCUT2D eigenvalue weighted by atomic mass is 9.98. The summed E-state index contributed by atoms with van der Waals surface area (Å²) in [6.07, 6.45) is 2.01. The summed E-state index contributed by atoms with van der Waals surface area (Å²) in [4.78, 5) is 14.8. The van der Waals surface area contributed by atoms with Crippen molar-refractivity contribution in [2.45, 2.75) is 17.7 Å². The van der Waals surface area contributed by atoms with Gasteiger partial charge in [-0.15, -0.1) is 0 Å². The van der Waals surface area contributed by atoms with Crippen molar-refractivity contribution in [1.29, 1.82) is 0 Å². The number of amides is 1. The molecule has 0 aromatic carbocycles. The normalized spacial score (nSPS) is 18.1. The topological polar surface area (TPSA) is 93.4 Å². The number of halogens is 2. The van der Waals surface area contributed by atoms with Gasteiger partial charge in [-0.2, -0.15) is 4.31 Å². The standard InChI is InChI=1S/C11H13Cl2N3O3S/c12-9-5-8(6-15-10(9)13)20(18,19)16-3-1-7(2-4-16)11(14)17/h5-7H,1-4H2,(H2,14,17). The highest BCUT2D eigenvalue weighted by molar-refractivity contribution is 7.89. The summed E-state index contributed by atoms with van der Waals surface area (Å²) < 4.78 is 26.1. The summed E-state index contributed by atoms with van der Waals surface area (Å²) >= 11 is 11.5. The molecule has 0 atom stereocenters. The van der Waals surface area contributed by atoms with Gasteiger partial charge in [0.15, 0.2) is 0 Å². The van der Waals surface area contributed by atoms with Gasteiger partial charge in [0.25, 0.3) is 0 Å². The Bertz CT molecular complexity index is 628. The summed E-state index contributed by atoms with van der Waals surface area (Å²) in [7, 11) is -3.67. The molecule has 1 amide bonds. The van der Waals surface area contributed by atoms with Crippen molar-refractivity contribution < 1.29 is 13.2 Å². The zero-order valence-electron chi connectivity index (χ0n) is 10.4. The van der Waals surface area contributed by atoms with E-state index in [0.29, 0.717) is 12.8 Å². The third-order valence-corrected chi connectivity index (χ3v) is 5.82. The van der Waals surface area contributed by atoms with E-state index in [9.17, 15) is 13.2 Å². The van der Waals surface area contributed by atoms with Gasteiger partial charge in [-0.3, -0.25) is 4.79 Å². The van der Waals surface area contributed by atoms with E-state index in [1.807, 2.05) is 0 Å². The highest BCUT2D eigenvalue weighted by Gasteiger charge is 2.31. The number of hydrogen-bond donors (Lipinski definition) is 1. The predicted molar refractivity (Wildman–Crippen MR) is 74.9 cm³/mol. The van der Waals surface area contributed by atoms with Gasteiger partial charge in [-0.25, -0.2) is 13.4 Å². The Hall–Kier alpha value is -0.890. The largest absolute Gasteiger partial charge is 0.369 e. The molecule has 2 N–H and O–H groups in total. The minimum Gasteiger partial charge on any atom is -0.369 e. The molecule has 0 saturated carbocycles. The van der Waals surface area contributed by atoms with Gasteiger partial charge in [0, 0.05) is 25.2 Å². The molecule has 2 heterocycles. The van der Waals surface area contributed by atoms with Crippen molar-refractivity contribution in [1.82, 2.24) is 9.29 Å². The first-order valence-electron chi connectivity index (χ1n) is 5.93. The molecule has 1 aromatic heterocycles. The Morgan fingerprint density at radius 2 is 1.95 bits per heavy atom. The average Bonchev–Trinajstić information content (AvgIpc) is 2.41. The zero-order valence-corrected chi connectivity index (χ0v) is 12.7. The maximum atomic E-state index is 12.4. The molecule has 0 radical (unpaired) electrons. The Balaban J connectivity index is 2.19. The maximum absolute atomic E-state index is 12.4. The lowest BCUT2D eigenvalue weighted by molar-refractivity contribution is -0.122. The second kappa shape index (κ2) is 5.85. The number of pyridine rings is 1. The number of primary amides is 1. The molecule has 9 heteroatoms. The van der Waals surface area contributed by atoms with Gasteiger partial charge < -0.3 is 5.73 Å². The van der Waals surface area contributed by atoms with Crippen LogP contribution in [0, 0.1) is 5.92 Å². The molecule has 0 aliphatic carbocycles. The molecule has 0 unspecified atom stereocenters. The van der Waals surface area contributed by atoms with Crippen LogP contribution in [0.3, 0.4) is 0 Å². The molecule has 1 saturated heterocycles. The second-order valence-electron chi connectivity index (χ2n) is 4.52. The zero-order chi connectivity index (χ0) is 14.9. The van der Waals surface area contributed by atoms with Gasteiger partial charge >= 0.3 is 0 Å². The molecule has 1 fully saturated rings. The Morgan fingerprint density at radius 3 is 2.45 bits per heavy atom. The SMILES string of the molecule is NC(=O)C1CCN(S(=O)(=O)c2cnc(Cl)c(Cl)c2)CC1. The first-order valence-corrected chi connectivity index (χ1v) is 8.12. The number of aromatic nitrogens is 1. The van der Waals surface area contributed by atoms with Crippen LogP contribution >= 0.6 is 23.2 Å². The van der Waals surface area contributed by atoms with Crippen molar-refractivity contribution in [3.63, 3.8) is 0 Å². The van der Waals surface area contributed by atoms with Crippen molar-refractivity contribution in [3.05, 3.63) is 22.4 Å². The predicted octanol–water partition coefficient (Wildman–Crippen LogP) is 1.27. The number of sulfonamides is 1. The van der Waals surface area contributed by atoms with Crippen molar-refractivity contribution in [2.75, 3.05) is 13.1 Å². The van der Waals surface area contributed by atoms with Gasteiger partial charge in [-0.1, -0.05) is 23.2 Å². The molecule has 20 heavy (non-hydrogen) atoms. The fourth-order valence-electron chi connectivity index (χ4n) is 2.07. The molecule has 1 aromatic rings. The smallest absolute Gasteiger partial charge is 0.244 e. The molecular formula is C11H13Cl2N3O3S. The van der Waals surface area contributed by atoms with Gasteiger partial charge in [0.1, 0.15) is 10.0 Å². The first-order chi connectivity index (χ1) is 9.32. The van der Waals surface area contributed by atoms with E-state index < -0.39 is 15.9 Å². The Labute approximate surface area is 126 Å². The molecule has 6 nitrogen and oxygen atoms in total. The van der Waals surface area contributed by atoms with Crippen LogP contribution in [-0.2, 0) is 14.8 Å². The lowest BCUT2D eigenvalue weighted by Crippen LogP contribution is -2.41. The Kier molecular flexibility index (Phi) is 4.53. The molecular weight excluding hydrogens is 325 g/mol. The van der Waals surface area contributed by atoms with Crippen LogP contribution in [-0.4, -0.2) is 36.7 Å². The summed E-state index contributed by atoms with van der Waals surface area (Å²) in [6.45, 7) is 0.492. The van der Waals surface area contributed by atoms with Gasteiger partial charge in [-0.05, 0) is 18.9 Å². The highest BCUT2D eigenvalue weighted by atomic mass is 35.5. The van der Waals surface area contributed by atoms with Crippen LogP contribution in [0.2, 0.25) is 10.2 Å². The number of piperidine rings is 1. The van der Waals surface area contributed by atoms with Crippen LogP contribution in [0.15, 0.2) is 17.2 Å². The van der Waals surface area contributed by atoms with E-state index in [-0.39, 0.29) is 34.1 Å². The minimum atomic E-state index is -3.67. The van der Waals surface area contributed by atoms with E-state index >= 15 is 0 Å². The third kappa shape index (κ3) is 3.06. The van der Waals surface area contributed by atoms with Gasteiger partial charge in [0.2, 0.25) is 15.9 Å². The van der Waals surface area contributed by atoms with Crippen LogP contribution in [0.1, 0.15) is 12.8 Å². The van der Waals surface area contributed by atoms with E-state index in [2.05, 4.69) is 4.98 Å². The number of carbonyl (C=O) groups is 1. The summed E-state index contributed by atoms with van der Waals surface area (Å²) in [6, 6.07) is 1.27. The summed E-state index contributed by atoms with van der Waals surface area (Å²) in [5, 5.41) is 0.137. The number of hydrogen-bond acceptors (Lipinski definition) is 4. The number of nitrogens with zero attached hydrogens (tertiary/aromatic N) is 2. The highest BCUT2D eigenvalue weighted by Crippen LogP contribution is 2.27. The van der Waals surface area contributed by atoms with E-state index in [0.717, 1.165) is 0 Å². The fraction of sp³-hybridized carbons (Fsp3) is 0.455. The maximum Gasteiger partial charge on any atom is 0.244 e. The summed E-state index contributed by atoms with van der Waals surface area (Å²) in [5.41, 5.74) is 5.22. The van der Waals surface area contributed by atoms with E-state index in [1.54, 1.807) is 0 Å². The quantitative estimate of drug-likeness (QED) is 0.840. The average molecular weight is 338 g/mol. The van der Waals surface area contributed by atoms with Gasteiger partial charge in [0.05, 0.1) is 5.02 Å². The van der Waals surface area contributed by atoms with Crippen molar-refractivity contribution >= 4 is 39.1 Å². The molecule has 2 rings (SSSR count). The van der Waals surface area contributed by atoms with E-state index in [4.69, 9.17) is 28.9 Å². The second-order valence-corrected chi connectivity index (χ2v) is 7.23. The third-order valence-electron chi connectivity index (χ3n) is 3.27. The van der Waals surface area contributed by atoms with Crippen molar-refractivity contribution in [3.8, 4) is 0 Å². The molecule has 1 aliphatic rings. The Morgan fingerprint density at radius 1 is 1.35 bits per heavy atom. The summed E-state index contributed by atoms with van der Waals surface area (Å²) in [5.74, 6) is -0.661. The van der Waals surface area contributed by atoms with E-state index in [1.165, 1.54) is 16.6 Å². The lowest BCUT2D eigenvalue weighted by Gasteiger charge is -2.29. The number of rotatable bonds is 3. The molecule has 110 valence electrons. The fourth-order valence-corrected chi connectivity index (χ4v) is 3.85. The minimum absolute atomic E-state index is 0.00979. The van der Waals surface area contributed by atoms with Crippen molar-refractivity contribution in [2.24, 2.45) is 11.7 Å².